The van der Waals surface area contributed by atoms with Gasteiger partial charge >= 0.3 is 6.09 Å². The van der Waals surface area contributed by atoms with Gasteiger partial charge in [-0.2, -0.15) is 0 Å². The van der Waals surface area contributed by atoms with Crippen molar-refractivity contribution in [2.24, 2.45) is 0 Å². The molecule has 3 atom stereocenters. The average Bonchev–Trinajstić information content (AvgIpc) is 3.16. The molecule has 1 aromatic carbocycles. The normalized spacial score (nSPS) is 26.5. The Morgan fingerprint density at radius 3 is 2.33 bits per heavy atom. The van der Waals surface area contributed by atoms with Crippen molar-refractivity contribution in [2.75, 3.05) is 5.75 Å². The number of carbonyl (C=O) groups excluding carboxylic acids is 2. The van der Waals surface area contributed by atoms with E-state index in [0.29, 0.717) is 11.8 Å². The van der Waals surface area contributed by atoms with E-state index in [0.717, 1.165) is 0 Å². The molecule has 1 fully saturated rings. The van der Waals surface area contributed by atoms with Gasteiger partial charge in [0.25, 0.3) is 0 Å². The zero-order valence-corrected chi connectivity index (χ0v) is 15.1. The summed E-state index contributed by atoms with van der Waals surface area (Å²) in [6.07, 6.45) is -0.281. The van der Waals surface area contributed by atoms with Gasteiger partial charge in [0.15, 0.2) is 9.84 Å². The Morgan fingerprint density at radius 1 is 1.29 bits per heavy atom. The van der Waals surface area contributed by atoms with Crippen molar-refractivity contribution in [1.29, 1.82) is 0 Å². The minimum Gasteiger partial charge on any atom is -0.444 e. The summed E-state index contributed by atoms with van der Waals surface area (Å²) in [5, 5.41) is 1.52. The van der Waals surface area contributed by atoms with Crippen molar-refractivity contribution in [3.05, 3.63) is 35.9 Å². The van der Waals surface area contributed by atoms with Gasteiger partial charge < -0.3 is 14.8 Å². The molecule has 2 rings (SSSR count). The number of aldehydes is 1. The largest absolute Gasteiger partial charge is 0.444 e. The van der Waals surface area contributed by atoms with Gasteiger partial charge in [-0.3, -0.25) is 0 Å². The molecule has 24 heavy (non-hydrogen) atoms. The molecule has 1 aromatic rings. The highest BCUT2D eigenvalue weighted by Crippen LogP contribution is 2.55. The van der Waals surface area contributed by atoms with Crippen LogP contribution in [-0.2, 0) is 19.4 Å². The fourth-order valence-electron chi connectivity index (χ4n) is 2.97. The standard InChI is InChI=1S/C17H23NO5S/c1-5-24(21,22)14-13(12-9-7-6-8-10-12)17(14,11-19)18-15(20)23-16(2,3)4/h6-11,13-14H,5H2,1-4H3,(H,18,20)/t13-,14-,17+/m1/s1. The van der Waals surface area contributed by atoms with Crippen LogP contribution in [0.5, 0.6) is 0 Å². The summed E-state index contributed by atoms with van der Waals surface area (Å²) in [5.41, 5.74) is -1.54. The first kappa shape index (κ1) is 18.4. The molecule has 1 aliphatic carbocycles. The van der Waals surface area contributed by atoms with E-state index in [1.165, 1.54) is 6.92 Å². The number of alkyl carbamates (subject to hydrolysis) is 1. The molecule has 7 heteroatoms. The van der Waals surface area contributed by atoms with Crippen LogP contribution < -0.4 is 5.32 Å². The fraction of sp³-hybridized carbons (Fsp3) is 0.529. The zero-order valence-electron chi connectivity index (χ0n) is 14.3. The minimum atomic E-state index is -3.53. The number of benzene rings is 1. The maximum absolute atomic E-state index is 12.4. The van der Waals surface area contributed by atoms with Crippen LogP contribution in [0.1, 0.15) is 39.2 Å². The summed E-state index contributed by atoms with van der Waals surface area (Å²) in [7, 11) is -3.53. The number of ether oxygens (including phenoxy) is 1. The lowest BCUT2D eigenvalue weighted by atomic mass is 10.1. The SMILES string of the molecule is CCS(=O)(=O)[C@@H]1[C@@H](c2ccccc2)[C@]1(C=O)NC(=O)OC(C)(C)C. The summed E-state index contributed by atoms with van der Waals surface area (Å²) in [4.78, 5) is 23.9. The predicted octanol–water partition coefficient (Wildman–Crippen LogP) is 2.05. The molecule has 0 aliphatic heterocycles. The van der Waals surface area contributed by atoms with E-state index >= 15 is 0 Å². The Labute approximate surface area is 142 Å². The van der Waals surface area contributed by atoms with Crippen LogP contribution in [0.3, 0.4) is 0 Å². The molecular weight excluding hydrogens is 330 g/mol. The highest BCUT2D eigenvalue weighted by molar-refractivity contribution is 7.92. The second kappa shape index (κ2) is 6.20. The highest BCUT2D eigenvalue weighted by Gasteiger charge is 2.72. The molecule has 6 nitrogen and oxygen atoms in total. The molecule has 0 aromatic heterocycles. The van der Waals surface area contributed by atoms with Gasteiger partial charge in [0.1, 0.15) is 22.7 Å². The van der Waals surface area contributed by atoms with Gasteiger partial charge in [0, 0.05) is 11.7 Å². The molecule has 132 valence electrons. The van der Waals surface area contributed by atoms with E-state index in [1.807, 2.05) is 0 Å². The van der Waals surface area contributed by atoms with Crippen LogP contribution in [0.25, 0.3) is 0 Å². The summed E-state index contributed by atoms with van der Waals surface area (Å²) < 4.78 is 30.1. The lowest BCUT2D eigenvalue weighted by molar-refractivity contribution is -0.110. The second-order valence-electron chi connectivity index (χ2n) is 6.94. The van der Waals surface area contributed by atoms with Crippen LogP contribution in [0, 0.1) is 0 Å². The smallest absolute Gasteiger partial charge is 0.408 e. The molecule has 0 bridgehead atoms. The number of rotatable bonds is 5. The maximum atomic E-state index is 12.4. The van der Waals surface area contributed by atoms with E-state index < -0.39 is 38.2 Å². The first-order chi connectivity index (χ1) is 11.1. The van der Waals surface area contributed by atoms with Gasteiger partial charge in [0.05, 0.1) is 0 Å². The van der Waals surface area contributed by atoms with Crippen LogP contribution in [0.2, 0.25) is 0 Å². The predicted molar refractivity (Wildman–Crippen MR) is 90.6 cm³/mol. The molecule has 1 amide bonds. The van der Waals surface area contributed by atoms with E-state index in [-0.39, 0.29) is 5.75 Å². The Morgan fingerprint density at radius 2 is 1.88 bits per heavy atom. The third kappa shape index (κ3) is 3.45. The van der Waals surface area contributed by atoms with Crippen molar-refractivity contribution >= 4 is 22.2 Å². The van der Waals surface area contributed by atoms with Gasteiger partial charge in [-0.05, 0) is 26.3 Å². The van der Waals surface area contributed by atoms with E-state index in [9.17, 15) is 18.0 Å². The topological polar surface area (TPSA) is 89.5 Å². The summed E-state index contributed by atoms with van der Waals surface area (Å²) in [6.45, 7) is 6.62. The summed E-state index contributed by atoms with van der Waals surface area (Å²) >= 11 is 0. The Bertz CT molecular complexity index is 723. The average molecular weight is 353 g/mol. The third-order valence-electron chi connectivity index (χ3n) is 4.04. The monoisotopic (exact) mass is 353 g/mol. The molecular formula is C17H23NO5S. The van der Waals surface area contributed by atoms with E-state index in [1.54, 1.807) is 51.1 Å². The quantitative estimate of drug-likeness (QED) is 0.818. The first-order valence-corrected chi connectivity index (χ1v) is 9.53. The number of hydrogen-bond donors (Lipinski definition) is 1. The third-order valence-corrected chi connectivity index (χ3v) is 6.28. The first-order valence-electron chi connectivity index (χ1n) is 7.81. The summed E-state index contributed by atoms with van der Waals surface area (Å²) in [5.74, 6) is -0.722. The molecule has 1 saturated carbocycles. The lowest BCUT2D eigenvalue weighted by Crippen LogP contribution is -2.45. The molecule has 1 N–H and O–H groups in total. The van der Waals surface area contributed by atoms with Gasteiger partial charge in [-0.1, -0.05) is 37.3 Å². The van der Waals surface area contributed by atoms with Crippen LogP contribution in [0.4, 0.5) is 4.79 Å². The van der Waals surface area contributed by atoms with Crippen LogP contribution >= 0.6 is 0 Å². The van der Waals surface area contributed by atoms with Gasteiger partial charge in [-0.25, -0.2) is 13.2 Å². The van der Waals surface area contributed by atoms with Crippen LogP contribution in [0.15, 0.2) is 30.3 Å². The Hall–Kier alpha value is -1.89. The van der Waals surface area contributed by atoms with Crippen molar-refractivity contribution in [1.82, 2.24) is 5.32 Å². The number of hydrogen-bond acceptors (Lipinski definition) is 5. The highest BCUT2D eigenvalue weighted by atomic mass is 32.2. The van der Waals surface area contributed by atoms with Crippen molar-refractivity contribution in [3.63, 3.8) is 0 Å². The Kier molecular flexibility index (Phi) is 4.77. The number of amides is 1. The lowest BCUT2D eigenvalue weighted by Gasteiger charge is -2.22. The van der Waals surface area contributed by atoms with Crippen molar-refractivity contribution in [2.45, 2.75) is 50.0 Å². The fourth-order valence-corrected chi connectivity index (χ4v) is 4.90. The molecule has 0 spiro atoms. The second-order valence-corrected chi connectivity index (χ2v) is 9.35. The summed E-state index contributed by atoms with van der Waals surface area (Å²) in [6, 6.07) is 8.85. The van der Waals surface area contributed by atoms with Gasteiger partial charge in [0.2, 0.25) is 0 Å². The molecule has 0 saturated heterocycles. The molecule has 0 heterocycles. The Balaban J connectivity index is 2.38. The molecule has 0 unspecified atom stereocenters. The number of nitrogens with one attached hydrogen (secondary N) is 1. The molecule has 0 radical (unpaired) electrons. The zero-order chi connectivity index (χ0) is 18.2. The van der Waals surface area contributed by atoms with Crippen molar-refractivity contribution in [3.8, 4) is 0 Å². The minimum absolute atomic E-state index is 0.105. The number of sulfone groups is 1. The maximum Gasteiger partial charge on any atom is 0.408 e. The number of carbonyl (C=O) groups is 2. The van der Waals surface area contributed by atoms with E-state index in [2.05, 4.69) is 5.32 Å². The van der Waals surface area contributed by atoms with Crippen molar-refractivity contribution < 1.29 is 22.7 Å². The van der Waals surface area contributed by atoms with Gasteiger partial charge in [-0.15, -0.1) is 0 Å². The van der Waals surface area contributed by atoms with E-state index in [4.69, 9.17) is 4.74 Å². The molecule has 1 aliphatic rings. The van der Waals surface area contributed by atoms with Crippen LogP contribution in [-0.4, -0.2) is 42.9 Å².